The first-order valence-corrected chi connectivity index (χ1v) is 4.94. The molecule has 1 N–H and O–H groups in total. The van der Waals surface area contributed by atoms with Gasteiger partial charge in [-0.3, -0.25) is 0 Å². The summed E-state index contributed by atoms with van der Waals surface area (Å²) in [5.41, 5.74) is -4.38. The summed E-state index contributed by atoms with van der Waals surface area (Å²) in [4.78, 5) is 13.9. The van der Waals surface area contributed by atoms with Gasteiger partial charge in [0.25, 0.3) is 6.43 Å². The summed E-state index contributed by atoms with van der Waals surface area (Å²) in [7, 11) is 0. The van der Waals surface area contributed by atoms with Crippen molar-refractivity contribution in [1.29, 1.82) is 0 Å². The van der Waals surface area contributed by atoms with Crippen LogP contribution in [0.2, 0.25) is 0 Å². The first-order valence-electron chi connectivity index (χ1n) is 4.94. The van der Waals surface area contributed by atoms with Gasteiger partial charge in [-0.05, 0) is 13.0 Å². The lowest BCUT2D eigenvalue weighted by Gasteiger charge is -2.13. The molecule has 0 amide bonds. The Kier molecular flexibility index (Phi) is 4.28. The molecule has 0 spiro atoms. The number of aromatic hydroxyl groups is 1. The largest absolute Gasteiger partial charge is 0.506 e. The molecular weight excluding hydrogens is 277 g/mol. The number of esters is 1. The van der Waals surface area contributed by atoms with Gasteiger partial charge in [-0.2, -0.15) is 13.2 Å². The van der Waals surface area contributed by atoms with Crippen molar-refractivity contribution in [3.05, 3.63) is 23.0 Å². The van der Waals surface area contributed by atoms with Crippen LogP contribution in [0.3, 0.4) is 0 Å². The number of hydrogen-bond donors (Lipinski definition) is 1. The molecule has 0 atom stereocenters. The minimum absolute atomic E-state index is 0.215. The number of halogens is 5. The third-order valence-electron chi connectivity index (χ3n) is 2.00. The SMILES string of the molecule is CCOC(=O)c1cc(O)c(C(F)F)nc1C(F)(F)F. The van der Waals surface area contributed by atoms with Crippen LogP contribution in [0.25, 0.3) is 0 Å². The molecule has 9 heteroatoms. The number of carbonyl (C=O) groups excluding carboxylic acids is 1. The van der Waals surface area contributed by atoms with E-state index < -0.39 is 41.3 Å². The molecule has 0 aliphatic rings. The molecule has 0 radical (unpaired) electrons. The Morgan fingerprint density at radius 2 is 2.05 bits per heavy atom. The lowest BCUT2D eigenvalue weighted by atomic mass is 10.1. The van der Waals surface area contributed by atoms with Crippen LogP contribution in [0.1, 0.15) is 35.1 Å². The minimum atomic E-state index is -5.13. The highest BCUT2D eigenvalue weighted by atomic mass is 19.4. The number of aromatic nitrogens is 1. The van der Waals surface area contributed by atoms with Crippen molar-refractivity contribution in [2.24, 2.45) is 0 Å². The maximum Gasteiger partial charge on any atom is 0.434 e. The fourth-order valence-corrected chi connectivity index (χ4v) is 1.26. The van der Waals surface area contributed by atoms with Crippen molar-refractivity contribution in [1.82, 2.24) is 4.98 Å². The van der Waals surface area contributed by atoms with Gasteiger partial charge >= 0.3 is 12.1 Å². The Hall–Kier alpha value is -1.93. The van der Waals surface area contributed by atoms with E-state index in [0.29, 0.717) is 0 Å². The second kappa shape index (κ2) is 5.37. The van der Waals surface area contributed by atoms with Gasteiger partial charge < -0.3 is 9.84 Å². The fraction of sp³-hybridized carbons (Fsp3) is 0.400. The highest BCUT2D eigenvalue weighted by molar-refractivity contribution is 5.91. The van der Waals surface area contributed by atoms with Gasteiger partial charge in [-0.15, -0.1) is 0 Å². The predicted octanol–water partition coefficient (Wildman–Crippen LogP) is 2.92. The molecule has 4 nitrogen and oxygen atoms in total. The van der Waals surface area contributed by atoms with Crippen LogP contribution >= 0.6 is 0 Å². The zero-order valence-electron chi connectivity index (χ0n) is 9.46. The predicted molar refractivity (Wildman–Crippen MR) is 51.8 cm³/mol. The van der Waals surface area contributed by atoms with Crippen LogP contribution < -0.4 is 0 Å². The maximum atomic E-state index is 12.6. The molecule has 0 fully saturated rings. The molecule has 0 bridgehead atoms. The summed E-state index contributed by atoms with van der Waals surface area (Å²) in [6, 6.07) is 0.273. The van der Waals surface area contributed by atoms with E-state index in [9.17, 15) is 26.7 Å². The molecule has 0 aliphatic carbocycles. The Morgan fingerprint density at radius 3 is 2.47 bits per heavy atom. The average molecular weight is 285 g/mol. The standard InChI is InChI=1S/C10H8F5NO3/c1-2-19-9(18)4-3-5(17)6(8(11)12)16-7(4)10(13,14)15/h3,8,17H,2H2,1H3. The summed E-state index contributed by atoms with van der Waals surface area (Å²) in [6.45, 7) is 1.14. The van der Waals surface area contributed by atoms with Crippen LogP contribution in [0.5, 0.6) is 5.75 Å². The molecule has 0 saturated carbocycles. The zero-order chi connectivity index (χ0) is 14.8. The summed E-state index contributed by atoms with van der Waals surface area (Å²) in [5.74, 6) is -2.61. The lowest BCUT2D eigenvalue weighted by Crippen LogP contribution is -2.18. The summed E-state index contributed by atoms with van der Waals surface area (Å²) < 4.78 is 67.0. The van der Waals surface area contributed by atoms with Crippen LogP contribution in [0.4, 0.5) is 22.0 Å². The molecule has 0 aliphatic heterocycles. The summed E-state index contributed by atoms with van der Waals surface area (Å²) in [6.07, 6.45) is -8.53. The molecule has 0 aromatic carbocycles. The average Bonchev–Trinajstić information content (AvgIpc) is 2.26. The summed E-state index contributed by atoms with van der Waals surface area (Å²) >= 11 is 0. The number of carbonyl (C=O) groups is 1. The van der Waals surface area contributed by atoms with E-state index in [2.05, 4.69) is 9.72 Å². The molecule has 19 heavy (non-hydrogen) atoms. The number of hydrogen-bond acceptors (Lipinski definition) is 4. The molecule has 1 rings (SSSR count). The molecule has 1 aromatic heterocycles. The number of alkyl halides is 5. The van der Waals surface area contributed by atoms with Crippen LogP contribution in [-0.2, 0) is 10.9 Å². The number of ether oxygens (including phenoxy) is 1. The smallest absolute Gasteiger partial charge is 0.434 e. The fourth-order valence-electron chi connectivity index (χ4n) is 1.26. The molecule has 1 heterocycles. The Balaban J connectivity index is 3.45. The van der Waals surface area contributed by atoms with E-state index in [-0.39, 0.29) is 12.7 Å². The second-order valence-electron chi connectivity index (χ2n) is 3.31. The minimum Gasteiger partial charge on any atom is -0.506 e. The van der Waals surface area contributed by atoms with E-state index in [0.717, 1.165) is 0 Å². The monoisotopic (exact) mass is 285 g/mol. The van der Waals surface area contributed by atoms with Crippen molar-refractivity contribution < 1.29 is 36.6 Å². The third-order valence-corrected chi connectivity index (χ3v) is 2.00. The van der Waals surface area contributed by atoms with Crippen LogP contribution in [0.15, 0.2) is 6.07 Å². The van der Waals surface area contributed by atoms with Crippen LogP contribution in [-0.4, -0.2) is 22.7 Å². The van der Waals surface area contributed by atoms with Gasteiger partial charge in [0, 0.05) is 0 Å². The molecule has 1 aromatic rings. The van der Waals surface area contributed by atoms with Gasteiger partial charge in [0.15, 0.2) is 5.69 Å². The summed E-state index contributed by atoms with van der Waals surface area (Å²) in [5, 5.41) is 9.15. The van der Waals surface area contributed by atoms with E-state index in [4.69, 9.17) is 5.11 Å². The van der Waals surface area contributed by atoms with Crippen molar-refractivity contribution in [2.75, 3.05) is 6.61 Å². The Bertz CT molecular complexity index is 487. The zero-order valence-corrected chi connectivity index (χ0v) is 9.46. The normalized spacial score (nSPS) is 11.7. The van der Waals surface area contributed by atoms with E-state index in [1.807, 2.05) is 0 Å². The van der Waals surface area contributed by atoms with Gasteiger partial charge in [0.05, 0.1) is 12.2 Å². The van der Waals surface area contributed by atoms with E-state index in [1.165, 1.54) is 6.92 Å². The van der Waals surface area contributed by atoms with E-state index in [1.54, 1.807) is 0 Å². The van der Waals surface area contributed by atoms with Crippen molar-refractivity contribution in [2.45, 2.75) is 19.5 Å². The Labute approximate surface area is 103 Å². The van der Waals surface area contributed by atoms with Gasteiger partial charge in [-0.1, -0.05) is 0 Å². The second-order valence-corrected chi connectivity index (χ2v) is 3.31. The van der Waals surface area contributed by atoms with Gasteiger partial charge in [-0.25, -0.2) is 18.6 Å². The van der Waals surface area contributed by atoms with Crippen molar-refractivity contribution in [3.63, 3.8) is 0 Å². The molecule has 0 saturated heterocycles. The van der Waals surface area contributed by atoms with Crippen LogP contribution in [0, 0.1) is 0 Å². The molecule has 106 valence electrons. The first kappa shape index (κ1) is 15.1. The third kappa shape index (κ3) is 3.30. The lowest BCUT2D eigenvalue weighted by molar-refractivity contribution is -0.142. The van der Waals surface area contributed by atoms with E-state index >= 15 is 0 Å². The topological polar surface area (TPSA) is 59.4 Å². The highest BCUT2D eigenvalue weighted by Gasteiger charge is 2.39. The van der Waals surface area contributed by atoms with Crippen molar-refractivity contribution >= 4 is 5.97 Å². The first-order chi connectivity index (χ1) is 8.68. The number of nitrogens with zero attached hydrogens (tertiary/aromatic N) is 1. The quantitative estimate of drug-likeness (QED) is 0.685. The van der Waals surface area contributed by atoms with Gasteiger partial charge in [0.2, 0.25) is 0 Å². The maximum absolute atomic E-state index is 12.6. The number of pyridine rings is 1. The highest BCUT2D eigenvalue weighted by Crippen LogP contribution is 2.36. The van der Waals surface area contributed by atoms with Gasteiger partial charge in [0.1, 0.15) is 11.4 Å². The Morgan fingerprint density at radius 1 is 1.47 bits per heavy atom. The van der Waals surface area contributed by atoms with Crippen molar-refractivity contribution in [3.8, 4) is 5.75 Å². The number of rotatable bonds is 3. The molecule has 0 unspecified atom stereocenters. The molecular formula is C10H8F5NO3.